The fraction of sp³-hybridized carbons (Fsp3) is 0.900. The second-order valence-electron chi connectivity index (χ2n) is 14.4. The molecule has 0 unspecified atom stereocenters. The molecule has 0 aromatic carbocycles. The van der Waals surface area contributed by atoms with Crippen LogP contribution in [0.1, 0.15) is 99.8 Å². The number of hydrogen-bond donors (Lipinski definition) is 3. The Balaban J connectivity index is 1.51. The fourth-order valence-corrected chi connectivity index (χ4v) is 9.49. The molecule has 4 fully saturated rings. The van der Waals surface area contributed by atoms with Crippen molar-refractivity contribution in [3.8, 4) is 0 Å². The van der Waals surface area contributed by atoms with Gasteiger partial charge in [0.2, 0.25) is 0 Å². The topological polar surface area (TPSA) is 96.2 Å². The molecular weight excluding hydrogens is 456 g/mol. The first-order valence-corrected chi connectivity index (χ1v) is 14.3. The molecule has 0 bridgehead atoms. The van der Waals surface area contributed by atoms with Gasteiger partial charge in [0, 0.05) is 11.3 Å². The number of hydrogen-bond acceptors (Lipinski definition) is 6. The third kappa shape index (κ3) is 3.65. The maximum atomic E-state index is 13.4. The molecule has 36 heavy (non-hydrogen) atoms. The molecule has 5 aliphatic rings. The van der Waals surface area contributed by atoms with Crippen LogP contribution in [0, 0.1) is 34.5 Å². The van der Waals surface area contributed by atoms with E-state index in [1.54, 1.807) is 6.08 Å². The van der Waals surface area contributed by atoms with E-state index in [9.17, 15) is 20.1 Å². The van der Waals surface area contributed by atoms with Crippen molar-refractivity contribution in [3.05, 3.63) is 11.6 Å². The summed E-state index contributed by atoms with van der Waals surface area (Å²) >= 11 is 0. The summed E-state index contributed by atoms with van der Waals surface area (Å²) in [4.78, 5) is 13.4. The van der Waals surface area contributed by atoms with Crippen LogP contribution in [-0.4, -0.2) is 56.4 Å². The molecule has 204 valence electrons. The van der Waals surface area contributed by atoms with E-state index in [2.05, 4.69) is 34.6 Å². The quantitative estimate of drug-likeness (QED) is 0.520. The smallest absolute Gasteiger partial charge is 0.164 e. The van der Waals surface area contributed by atoms with Gasteiger partial charge in [0.05, 0.1) is 29.5 Å². The standard InChI is InChI=1S/C30H48O6/c1-17(2)8-9-25-29(7,36-26(3,4)35-25)24-11-13-30(34)19-14-21(31)20-15-22(32)23(33)16-27(20,5)18(19)10-12-28(24,30)6/h14,17-18,20,22-25,32-34H,8-13,15-16H2,1-7H3/t18-,20-,22+,23-,24-,25+,27+,28+,29+,30+/m0/s1. The summed E-state index contributed by atoms with van der Waals surface area (Å²) in [5.74, 6) is -0.288. The van der Waals surface area contributed by atoms with Crippen LogP contribution in [0.2, 0.25) is 0 Å². The number of rotatable bonds is 4. The minimum absolute atomic E-state index is 0.00145. The molecule has 1 saturated heterocycles. The first-order chi connectivity index (χ1) is 16.6. The summed E-state index contributed by atoms with van der Waals surface area (Å²) < 4.78 is 13.2. The Morgan fingerprint density at radius 2 is 1.72 bits per heavy atom. The van der Waals surface area contributed by atoms with Gasteiger partial charge in [-0.25, -0.2) is 0 Å². The van der Waals surface area contributed by atoms with E-state index < -0.39 is 40.0 Å². The van der Waals surface area contributed by atoms with Crippen LogP contribution < -0.4 is 0 Å². The van der Waals surface area contributed by atoms with Gasteiger partial charge in [0.15, 0.2) is 11.6 Å². The second-order valence-corrected chi connectivity index (χ2v) is 14.4. The van der Waals surface area contributed by atoms with E-state index in [-0.39, 0.29) is 29.6 Å². The first-order valence-electron chi connectivity index (χ1n) is 14.3. The highest BCUT2D eigenvalue weighted by molar-refractivity contribution is 5.95. The van der Waals surface area contributed by atoms with Crippen LogP contribution in [0.15, 0.2) is 11.6 Å². The van der Waals surface area contributed by atoms with Crippen LogP contribution >= 0.6 is 0 Å². The van der Waals surface area contributed by atoms with E-state index in [1.807, 2.05) is 13.8 Å². The molecule has 0 aromatic heterocycles. The highest BCUT2D eigenvalue weighted by atomic mass is 16.8. The van der Waals surface area contributed by atoms with Gasteiger partial charge in [0.25, 0.3) is 0 Å². The number of ether oxygens (including phenoxy) is 2. The second kappa shape index (κ2) is 8.35. The highest BCUT2D eigenvalue weighted by Gasteiger charge is 2.71. The third-order valence-corrected chi connectivity index (χ3v) is 11.3. The Labute approximate surface area is 216 Å². The van der Waals surface area contributed by atoms with Crippen molar-refractivity contribution in [3.63, 3.8) is 0 Å². The van der Waals surface area contributed by atoms with Crippen molar-refractivity contribution in [2.75, 3.05) is 0 Å². The molecule has 0 amide bonds. The third-order valence-electron chi connectivity index (χ3n) is 11.3. The molecule has 6 nitrogen and oxygen atoms in total. The summed E-state index contributed by atoms with van der Waals surface area (Å²) in [5, 5.41) is 33.4. The average Bonchev–Trinajstić information content (AvgIpc) is 3.18. The van der Waals surface area contributed by atoms with Crippen LogP contribution in [0.3, 0.4) is 0 Å². The predicted octanol–water partition coefficient (Wildman–Crippen LogP) is 4.54. The fourth-order valence-electron chi connectivity index (χ4n) is 9.49. The lowest BCUT2D eigenvalue weighted by Gasteiger charge is -2.60. The van der Waals surface area contributed by atoms with Crippen molar-refractivity contribution in [2.24, 2.45) is 34.5 Å². The Morgan fingerprint density at radius 3 is 2.39 bits per heavy atom. The van der Waals surface area contributed by atoms with Crippen molar-refractivity contribution < 1.29 is 29.6 Å². The van der Waals surface area contributed by atoms with Gasteiger partial charge in [-0.3, -0.25) is 4.79 Å². The lowest BCUT2D eigenvalue weighted by atomic mass is 9.45. The number of ketones is 1. The number of carbonyl (C=O) groups excluding carboxylic acids is 1. The SMILES string of the molecule is CC(C)CC[C@H]1OC(C)(C)O[C@]1(C)[C@H]1CC[C@@]2(O)C3=CC(=O)[C@@H]4C[C@@H](O)[C@@H](O)C[C@]4(C)[C@H]3CC[C@]12C. The number of fused-ring (bicyclic) bond motifs is 5. The molecule has 0 radical (unpaired) electrons. The van der Waals surface area contributed by atoms with Crippen molar-refractivity contribution in [1.29, 1.82) is 0 Å². The lowest BCUT2D eigenvalue weighted by Crippen LogP contribution is -2.62. The zero-order chi connectivity index (χ0) is 26.5. The van der Waals surface area contributed by atoms with Crippen LogP contribution in [0.25, 0.3) is 0 Å². The number of aliphatic hydroxyl groups excluding tert-OH is 2. The summed E-state index contributed by atoms with van der Waals surface area (Å²) in [6, 6.07) is 0. The lowest BCUT2D eigenvalue weighted by molar-refractivity contribution is -0.191. The number of aliphatic hydroxyl groups is 3. The molecule has 0 aromatic rings. The molecule has 10 atom stereocenters. The van der Waals surface area contributed by atoms with Crippen molar-refractivity contribution in [1.82, 2.24) is 0 Å². The van der Waals surface area contributed by atoms with E-state index in [1.165, 1.54) is 0 Å². The summed E-state index contributed by atoms with van der Waals surface area (Å²) in [6.45, 7) is 14.9. The van der Waals surface area contributed by atoms with Gasteiger partial charge in [-0.15, -0.1) is 0 Å². The Kier molecular flexibility index (Phi) is 6.22. The summed E-state index contributed by atoms with van der Waals surface area (Å²) in [7, 11) is 0. The predicted molar refractivity (Wildman–Crippen MR) is 137 cm³/mol. The maximum absolute atomic E-state index is 13.4. The van der Waals surface area contributed by atoms with Crippen molar-refractivity contribution >= 4 is 5.78 Å². The zero-order valence-corrected chi connectivity index (χ0v) is 23.3. The number of allylic oxidation sites excluding steroid dienone is 1. The molecule has 1 heterocycles. The zero-order valence-electron chi connectivity index (χ0n) is 23.3. The highest BCUT2D eigenvalue weighted by Crippen LogP contribution is 2.69. The van der Waals surface area contributed by atoms with E-state index in [0.29, 0.717) is 25.2 Å². The number of carbonyl (C=O) groups is 1. The molecule has 3 saturated carbocycles. The Morgan fingerprint density at radius 1 is 1.03 bits per heavy atom. The van der Waals surface area contributed by atoms with Crippen molar-refractivity contribution in [2.45, 2.75) is 135 Å². The average molecular weight is 505 g/mol. The van der Waals surface area contributed by atoms with Crippen LogP contribution in [-0.2, 0) is 14.3 Å². The largest absolute Gasteiger partial charge is 0.390 e. The van der Waals surface area contributed by atoms with E-state index >= 15 is 0 Å². The first kappa shape index (κ1) is 26.8. The van der Waals surface area contributed by atoms with E-state index in [4.69, 9.17) is 9.47 Å². The molecule has 0 spiro atoms. The molecule has 6 heteroatoms. The molecule has 4 aliphatic carbocycles. The van der Waals surface area contributed by atoms with Crippen LogP contribution in [0.4, 0.5) is 0 Å². The van der Waals surface area contributed by atoms with Gasteiger partial charge < -0.3 is 24.8 Å². The normalized spacial score (nSPS) is 52.1. The molecule has 3 N–H and O–H groups in total. The Hall–Kier alpha value is -0.790. The van der Waals surface area contributed by atoms with Gasteiger partial charge in [0.1, 0.15) is 0 Å². The van der Waals surface area contributed by atoms with Gasteiger partial charge >= 0.3 is 0 Å². The summed E-state index contributed by atoms with van der Waals surface area (Å²) in [5.41, 5.74) is -1.64. The maximum Gasteiger partial charge on any atom is 0.164 e. The minimum atomic E-state index is -1.09. The molecular formula is C30H48O6. The minimum Gasteiger partial charge on any atom is -0.390 e. The monoisotopic (exact) mass is 504 g/mol. The van der Waals surface area contributed by atoms with Crippen LogP contribution in [0.5, 0.6) is 0 Å². The van der Waals surface area contributed by atoms with Gasteiger partial charge in [-0.2, -0.15) is 0 Å². The van der Waals surface area contributed by atoms with E-state index in [0.717, 1.165) is 37.7 Å². The Bertz CT molecular complexity index is 942. The molecule has 5 rings (SSSR count). The summed E-state index contributed by atoms with van der Waals surface area (Å²) in [6.07, 6.45) is 5.79. The van der Waals surface area contributed by atoms with Gasteiger partial charge in [-0.05, 0) is 107 Å². The van der Waals surface area contributed by atoms with Gasteiger partial charge in [-0.1, -0.05) is 27.7 Å². The molecule has 1 aliphatic heterocycles.